The highest BCUT2D eigenvalue weighted by Crippen LogP contribution is 2.36. The first-order chi connectivity index (χ1) is 14.0. The van der Waals surface area contributed by atoms with Crippen LogP contribution < -0.4 is 5.32 Å². The molecule has 0 aliphatic rings. The van der Waals surface area contributed by atoms with E-state index in [0.29, 0.717) is 10.2 Å². The van der Waals surface area contributed by atoms with E-state index in [0.717, 1.165) is 6.92 Å². The second-order valence-electron chi connectivity index (χ2n) is 6.14. The first-order valence-electron chi connectivity index (χ1n) is 8.27. The van der Waals surface area contributed by atoms with Gasteiger partial charge in [-0.3, -0.25) is 24.9 Å². The highest BCUT2D eigenvalue weighted by atomic mass is 19.4. The number of alkyl halides is 3. The van der Waals surface area contributed by atoms with E-state index in [1.165, 1.54) is 29.2 Å². The third-order valence-electron chi connectivity index (χ3n) is 3.94. The summed E-state index contributed by atoms with van der Waals surface area (Å²) in [7, 11) is 0. The van der Waals surface area contributed by atoms with Crippen molar-refractivity contribution in [3.05, 3.63) is 63.5 Å². The quantitative estimate of drug-likeness (QED) is 0.367. The number of carbonyl (C=O) groups is 1. The number of hydrogen-bond donors (Lipinski definition) is 1. The van der Waals surface area contributed by atoms with Crippen molar-refractivity contribution in [3.8, 4) is 0 Å². The van der Waals surface area contributed by atoms with Crippen molar-refractivity contribution in [2.24, 2.45) is 0 Å². The lowest BCUT2D eigenvalue weighted by Crippen LogP contribution is -2.21. The van der Waals surface area contributed by atoms with E-state index in [1.807, 2.05) is 0 Å². The van der Waals surface area contributed by atoms with Crippen LogP contribution in [0.25, 0.3) is 0 Å². The first-order valence-corrected chi connectivity index (χ1v) is 8.27. The second-order valence-corrected chi connectivity index (χ2v) is 6.14. The van der Waals surface area contributed by atoms with E-state index in [4.69, 9.17) is 0 Å². The van der Waals surface area contributed by atoms with Gasteiger partial charge in [-0.1, -0.05) is 12.1 Å². The minimum Gasteiger partial charge on any atom is -0.292 e. The molecule has 0 fully saturated rings. The fraction of sp³-hybridized carbons (Fsp3) is 0.250. The number of nitrogens with zero attached hydrogens (tertiary/aromatic N) is 6. The van der Waals surface area contributed by atoms with E-state index in [2.05, 4.69) is 20.5 Å². The van der Waals surface area contributed by atoms with Gasteiger partial charge in [0.2, 0.25) is 17.5 Å². The Morgan fingerprint density at radius 2 is 2.03 bits per heavy atom. The number of hydrogen-bond acceptors (Lipinski definition) is 6. The Bertz CT molecular complexity index is 1110. The molecule has 0 aliphatic carbocycles. The zero-order valence-corrected chi connectivity index (χ0v) is 15.2. The van der Waals surface area contributed by atoms with Crippen LogP contribution in [0.5, 0.6) is 0 Å². The molecule has 30 heavy (non-hydrogen) atoms. The lowest BCUT2D eigenvalue weighted by atomic mass is 10.2. The molecule has 0 atom stereocenters. The van der Waals surface area contributed by atoms with Crippen LogP contribution in [-0.4, -0.2) is 35.4 Å². The van der Waals surface area contributed by atoms with Crippen molar-refractivity contribution in [1.82, 2.24) is 24.5 Å². The van der Waals surface area contributed by atoms with E-state index in [1.54, 1.807) is 6.07 Å². The van der Waals surface area contributed by atoms with Gasteiger partial charge in [0.25, 0.3) is 0 Å². The van der Waals surface area contributed by atoms with Gasteiger partial charge in [-0.2, -0.15) is 18.3 Å². The van der Waals surface area contributed by atoms with Crippen LogP contribution in [0.2, 0.25) is 0 Å². The highest BCUT2D eigenvalue weighted by Gasteiger charge is 2.44. The molecule has 2 aromatic heterocycles. The lowest BCUT2D eigenvalue weighted by Gasteiger charge is -2.04. The van der Waals surface area contributed by atoms with Gasteiger partial charge in [0.05, 0.1) is 11.5 Å². The van der Waals surface area contributed by atoms with E-state index in [-0.39, 0.29) is 12.5 Å². The number of rotatable bonds is 6. The Morgan fingerprint density at radius 1 is 1.30 bits per heavy atom. The molecule has 1 amide bonds. The molecular formula is C16H13F4N7O3. The predicted molar refractivity (Wildman–Crippen MR) is 92.8 cm³/mol. The zero-order valence-electron chi connectivity index (χ0n) is 15.2. The van der Waals surface area contributed by atoms with E-state index >= 15 is 0 Å². The molecule has 0 bridgehead atoms. The maximum absolute atomic E-state index is 13.2. The van der Waals surface area contributed by atoms with Crippen LogP contribution in [0.1, 0.15) is 17.0 Å². The van der Waals surface area contributed by atoms with Crippen molar-refractivity contribution in [1.29, 1.82) is 0 Å². The summed E-state index contributed by atoms with van der Waals surface area (Å²) in [6, 6.07) is 5.76. The average Bonchev–Trinajstić information content (AvgIpc) is 3.19. The maximum Gasteiger partial charge on any atom is 0.442 e. The SMILES string of the molecule is Cc1c([N+](=O)[O-])c(C(F)(F)F)nn1CC(=O)Nc1ncn(Cc2cccc(F)c2)n1. The molecule has 10 nitrogen and oxygen atoms in total. The summed E-state index contributed by atoms with van der Waals surface area (Å²) in [5.41, 5.74) is -2.73. The van der Waals surface area contributed by atoms with Gasteiger partial charge in [0, 0.05) is 0 Å². The molecule has 1 aromatic carbocycles. The van der Waals surface area contributed by atoms with Crippen LogP contribution >= 0.6 is 0 Å². The number of benzene rings is 1. The summed E-state index contributed by atoms with van der Waals surface area (Å²) in [4.78, 5) is 25.7. The topological polar surface area (TPSA) is 121 Å². The number of amides is 1. The van der Waals surface area contributed by atoms with Gasteiger partial charge in [0.15, 0.2) is 0 Å². The number of nitro groups is 1. The molecule has 14 heteroatoms. The summed E-state index contributed by atoms with van der Waals surface area (Å²) < 4.78 is 54.0. The summed E-state index contributed by atoms with van der Waals surface area (Å²) in [5, 5.41) is 20.3. The van der Waals surface area contributed by atoms with Gasteiger partial charge >= 0.3 is 11.9 Å². The van der Waals surface area contributed by atoms with Crippen molar-refractivity contribution in [2.75, 3.05) is 5.32 Å². The monoisotopic (exact) mass is 427 g/mol. The molecule has 0 unspecified atom stereocenters. The Balaban J connectivity index is 1.71. The summed E-state index contributed by atoms with van der Waals surface area (Å²) in [6.07, 6.45) is -3.78. The van der Waals surface area contributed by atoms with Gasteiger partial charge in [-0.25, -0.2) is 14.1 Å². The van der Waals surface area contributed by atoms with Crippen LogP contribution in [0.4, 0.5) is 29.2 Å². The lowest BCUT2D eigenvalue weighted by molar-refractivity contribution is -0.388. The molecular weight excluding hydrogens is 414 g/mol. The van der Waals surface area contributed by atoms with Gasteiger partial charge in [-0.15, -0.1) is 5.10 Å². The van der Waals surface area contributed by atoms with E-state index in [9.17, 15) is 32.5 Å². The van der Waals surface area contributed by atoms with E-state index < -0.39 is 46.4 Å². The van der Waals surface area contributed by atoms with Crippen LogP contribution in [0.3, 0.4) is 0 Å². The predicted octanol–water partition coefficient (Wildman–Crippen LogP) is 2.54. The maximum atomic E-state index is 13.2. The molecule has 158 valence electrons. The van der Waals surface area contributed by atoms with Crippen LogP contribution in [0.15, 0.2) is 30.6 Å². The van der Waals surface area contributed by atoms with Crippen molar-refractivity contribution >= 4 is 17.5 Å². The Morgan fingerprint density at radius 3 is 2.63 bits per heavy atom. The number of halogens is 4. The van der Waals surface area contributed by atoms with Crippen molar-refractivity contribution in [2.45, 2.75) is 26.2 Å². The van der Waals surface area contributed by atoms with Crippen molar-refractivity contribution in [3.63, 3.8) is 0 Å². The molecule has 2 heterocycles. The molecule has 0 saturated heterocycles. The zero-order chi connectivity index (χ0) is 22.1. The number of aromatic nitrogens is 5. The third kappa shape index (κ3) is 4.59. The van der Waals surface area contributed by atoms with Gasteiger partial charge in [-0.05, 0) is 24.6 Å². The summed E-state index contributed by atoms with van der Waals surface area (Å²) in [5.74, 6) is -1.41. The molecule has 0 aliphatic heterocycles. The minimum absolute atomic E-state index is 0.147. The molecule has 3 aromatic rings. The van der Waals surface area contributed by atoms with Gasteiger partial charge < -0.3 is 0 Å². The largest absolute Gasteiger partial charge is 0.442 e. The third-order valence-corrected chi connectivity index (χ3v) is 3.94. The number of nitrogens with one attached hydrogen (secondary N) is 1. The molecule has 1 N–H and O–H groups in total. The fourth-order valence-corrected chi connectivity index (χ4v) is 2.65. The Hall–Kier alpha value is -3.84. The summed E-state index contributed by atoms with van der Waals surface area (Å²) in [6.45, 7) is 0.501. The first kappa shape index (κ1) is 20.9. The molecule has 0 saturated carbocycles. The number of anilines is 1. The van der Waals surface area contributed by atoms with Crippen LogP contribution in [0, 0.1) is 22.9 Å². The minimum atomic E-state index is -5.05. The smallest absolute Gasteiger partial charge is 0.292 e. The van der Waals surface area contributed by atoms with Crippen molar-refractivity contribution < 1.29 is 27.3 Å². The molecule has 3 rings (SSSR count). The summed E-state index contributed by atoms with van der Waals surface area (Å²) >= 11 is 0. The molecule has 0 spiro atoms. The second kappa shape index (κ2) is 7.88. The van der Waals surface area contributed by atoms with Gasteiger partial charge in [0.1, 0.15) is 24.4 Å². The average molecular weight is 427 g/mol. The molecule has 0 radical (unpaired) electrons. The normalized spacial score (nSPS) is 11.5. The van der Waals surface area contributed by atoms with Crippen LogP contribution in [-0.2, 0) is 24.1 Å². The fourth-order valence-electron chi connectivity index (χ4n) is 2.65. The standard InChI is InChI=1S/C16H13F4N7O3/c1-9-13(27(29)30)14(16(18,19)20)23-26(9)7-12(28)22-15-21-8-25(24-15)6-10-3-2-4-11(17)5-10/h2-5,8H,6-7H2,1H3,(H,22,24,28). The highest BCUT2D eigenvalue weighted by molar-refractivity contribution is 5.88. The Kier molecular flexibility index (Phi) is 5.49. The number of carbonyl (C=O) groups excluding carboxylic acids is 1. The Labute approximate surface area is 165 Å².